The highest BCUT2D eigenvalue weighted by molar-refractivity contribution is 5.81. The summed E-state index contributed by atoms with van der Waals surface area (Å²) < 4.78 is 37.7. The predicted octanol–water partition coefficient (Wildman–Crippen LogP) is 3.22. The van der Waals surface area contributed by atoms with Crippen molar-refractivity contribution in [3.05, 3.63) is 0 Å². The van der Waals surface area contributed by atoms with E-state index in [0.717, 1.165) is 0 Å². The van der Waals surface area contributed by atoms with Crippen LogP contribution in [0.15, 0.2) is 0 Å². The Morgan fingerprint density at radius 3 is 2.18 bits per heavy atom. The van der Waals surface area contributed by atoms with Crippen LogP contribution in [0.2, 0.25) is 0 Å². The van der Waals surface area contributed by atoms with Crippen LogP contribution in [-0.2, 0) is 4.79 Å². The highest BCUT2D eigenvalue weighted by Gasteiger charge is 2.41. The summed E-state index contributed by atoms with van der Waals surface area (Å²) in [4.78, 5) is 13.5. The van der Waals surface area contributed by atoms with Crippen LogP contribution >= 0.6 is 0 Å². The molecule has 0 saturated carbocycles. The molecule has 1 aliphatic heterocycles. The molecule has 1 amide bonds. The van der Waals surface area contributed by atoms with Gasteiger partial charge in [-0.15, -0.1) is 0 Å². The van der Waals surface area contributed by atoms with Crippen LogP contribution in [0.1, 0.15) is 40.0 Å². The summed E-state index contributed by atoms with van der Waals surface area (Å²) >= 11 is 0. The van der Waals surface area contributed by atoms with E-state index in [1.165, 1.54) is 0 Å². The van der Waals surface area contributed by atoms with Gasteiger partial charge in [0.15, 0.2) is 0 Å². The highest BCUT2D eigenvalue weighted by Crippen LogP contribution is 2.34. The van der Waals surface area contributed by atoms with E-state index in [2.05, 4.69) is 0 Å². The molecule has 1 fully saturated rings. The van der Waals surface area contributed by atoms with Gasteiger partial charge in [0, 0.05) is 18.5 Å². The summed E-state index contributed by atoms with van der Waals surface area (Å²) in [5.74, 6) is -1.31. The van der Waals surface area contributed by atoms with E-state index in [1.807, 2.05) is 0 Å². The van der Waals surface area contributed by atoms with Gasteiger partial charge in [-0.25, -0.2) is 0 Å². The van der Waals surface area contributed by atoms with Crippen LogP contribution in [0.4, 0.5) is 13.2 Å². The zero-order chi connectivity index (χ0) is 13.3. The molecule has 1 aliphatic rings. The quantitative estimate of drug-likeness (QED) is 0.647. The molecule has 1 rings (SSSR count). The molecule has 0 aromatic rings. The summed E-state index contributed by atoms with van der Waals surface area (Å²) in [7, 11) is 0. The highest BCUT2D eigenvalue weighted by atomic mass is 19.4. The van der Waals surface area contributed by atoms with Gasteiger partial charge in [0.2, 0.25) is 5.91 Å². The molecule has 0 aromatic heterocycles. The van der Waals surface area contributed by atoms with Gasteiger partial charge in [0.1, 0.15) is 0 Å². The number of amides is 1. The van der Waals surface area contributed by atoms with Crippen molar-refractivity contribution in [3.8, 4) is 0 Å². The maximum atomic E-state index is 12.6. The number of carbonyl (C=O) groups excluding carboxylic acids is 1. The first-order valence-corrected chi connectivity index (χ1v) is 5.98. The lowest BCUT2D eigenvalue weighted by molar-refractivity contribution is -0.177. The lowest BCUT2D eigenvalue weighted by atomic mass is 9.94. The minimum Gasteiger partial charge on any atom is -0.342 e. The van der Waals surface area contributed by atoms with Crippen LogP contribution in [0.5, 0.6) is 0 Å². The Morgan fingerprint density at radius 1 is 1.12 bits per heavy atom. The molecule has 17 heavy (non-hydrogen) atoms. The van der Waals surface area contributed by atoms with Crippen molar-refractivity contribution in [2.75, 3.05) is 13.1 Å². The van der Waals surface area contributed by atoms with E-state index in [0.29, 0.717) is 13.0 Å². The van der Waals surface area contributed by atoms with Gasteiger partial charge in [-0.3, -0.25) is 4.79 Å². The van der Waals surface area contributed by atoms with Gasteiger partial charge >= 0.3 is 6.18 Å². The van der Waals surface area contributed by atoms with Crippen molar-refractivity contribution in [1.82, 2.24) is 4.90 Å². The number of hydrogen-bond donors (Lipinski definition) is 0. The molecular formula is C12H20F3NO. The van der Waals surface area contributed by atoms with Crippen molar-refractivity contribution in [1.29, 1.82) is 0 Å². The summed E-state index contributed by atoms with van der Waals surface area (Å²) in [5.41, 5.74) is -0.516. The Labute approximate surface area is 100 Å². The maximum Gasteiger partial charge on any atom is 0.391 e. The van der Waals surface area contributed by atoms with Crippen LogP contribution in [-0.4, -0.2) is 30.1 Å². The SMILES string of the molecule is CC(C)(C)C(=O)N1CCCC(C(F)(F)F)CC1. The Balaban J connectivity index is 2.63. The Bertz CT molecular complexity index is 280. The molecular weight excluding hydrogens is 231 g/mol. The average molecular weight is 251 g/mol. The second kappa shape index (κ2) is 4.86. The van der Waals surface area contributed by atoms with E-state index < -0.39 is 17.5 Å². The monoisotopic (exact) mass is 251 g/mol. The fourth-order valence-corrected chi connectivity index (χ4v) is 2.10. The van der Waals surface area contributed by atoms with Crippen molar-refractivity contribution < 1.29 is 18.0 Å². The first kappa shape index (κ1) is 14.3. The first-order valence-electron chi connectivity index (χ1n) is 5.98. The average Bonchev–Trinajstić information content (AvgIpc) is 2.38. The molecule has 0 radical (unpaired) electrons. The molecule has 0 aliphatic carbocycles. The zero-order valence-electron chi connectivity index (χ0n) is 10.6. The maximum absolute atomic E-state index is 12.6. The Kier molecular flexibility index (Phi) is 4.10. The van der Waals surface area contributed by atoms with Gasteiger partial charge in [0.05, 0.1) is 5.92 Å². The fourth-order valence-electron chi connectivity index (χ4n) is 2.10. The van der Waals surface area contributed by atoms with Crippen molar-refractivity contribution in [3.63, 3.8) is 0 Å². The topological polar surface area (TPSA) is 20.3 Å². The molecule has 1 atom stereocenters. The number of nitrogens with zero attached hydrogens (tertiary/aromatic N) is 1. The van der Waals surface area contributed by atoms with Crippen LogP contribution < -0.4 is 0 Å². The minimum atomic E-state index is -4.12. The third kappa shape index (κ3) is 3.89. The number of alkyl halides is 3. The number of hydrogen-bond acceptors (Lipinski definition) is 1. The van der Waals surface area contributed by atoms with Crippen molar-refractivity contribution in [2.45, 2.75) is 46.2 Å². The van der Waals surface area contributed by atoms with Gasteiger partial charge < -0.3 is 4.90 Å². The fraction of sp³-hybridized carbons (Fsp3) is 0.917. The van der Waals surface area contributed by atoms with Gasteiger partial charge in [-0.1, -0.05) is 20.8 Å². The third-order valence-electron chi connectivity index (χ3n) is 3.12. The number of likely N-dealkylation sites (tertiary alicyclic amines) is 1. The molecule has 2 nitrogen and oxygen atoms in total. The Morgan fingerprint density at radius 2 is 1.71 bits per heavy atom. The molecule has 0 spiro atoms. The summed E-state index contributed by atoms with van der Waals surface area (Å²) in [6.45, 7) is 6.05. The molecule has 5 heteroatoms. The van der Waals surface area contributed by atoms with E-state index in [4.69, 9.17) is 0 Å². The normalized spacial score (nSPS) is 23.4. The van der Waals surface area contributed by atoms with Crippen molar-refractivity contribution >= 4 is 5.91 Å². The molecule has 1 heterocycles. The summed E-state index contributed by atoms with van der Waals surface area (Å²) in [5, 5.41) is 0. The number of rotatable bonds is 0. The van der Waals surface area contributed by atoms with E-state index in [9.17, 15) is 18.0 Å². The lowest BCUT2D eigenvalue weighted by Gasteiger charge is -2.28. The standard InChI is InChI=1S/C12H20F3NO/c1-11(2,3)10(17)16-7-4-5-9(6-8-16)12(13,14)15/h9H,4-8H2,1-3H3. The van der Waals surface area contributed by atoms with Gasteiger partial charge in [-0.05, 0) is 19.3 Å². The lowest BCUT2D eigenvalue weighted by Crippen LogP contribution is -2.40. The first-order chi connectivity index (χ1) is 7.62. The molecule has 0 bridgehead atoms. The van der Waals surface area contributed by atoms with E-state index >= 15 is 0 Å². The van der Waals surface area contributed by atoms with Gasteiger partial charge in [0.25, 0.3) is 0 Å². The van der Waals surface area contributed by atoms with Crippen LogP contribution in [0, 0.1) is 11.3 Å². The zero-order valence-corrected chi connectivity index (χ0v) is 10.6. The van der Waals surface area contributed by atoms with E-state index in [1.54, 1.807) is 25.7 Å². The van der Waals surface area contributed by atoms with Crippen LogP contribution in [0.3, 0.4) is 0 Å². The summed E-state index contributed by atoms with van der Waals surface area (Å²) in [6, 6.07) is 0. The summed E-state index contributed by atoms with van der Waals surface area (Å²) in [6.07, 6.45) is -3.52. The smallest absolute Gasteiger partial charge is 0.342 e. The molecule has 0 aromatic carbocycles. The second-order valence-electron chi connectivity index (χ2n) is 5.71. The van der Waals surface area contributed by atoms with Gasteiger partial charge in [-0.2, -0.15) is 13.2 Å². The largest absolute Gasteiger partial charge is 0.391 e. The minimum absolute atomic E-state index is 0.0331. The molecule has 1 unspecified atom stereocenters. The Hall–Kier alpha value is -0.740. The second-order valence-corrected chi connectivity index (χ2v) is 5.71. The number of carbonyl (C=O) groups is 1. The van der Waals surface area contributed by atoms with E-state index in [-0.39, 0.29) is 25.3 Å². The van der Waals surface area contributed by atoms with Crippen molar-refractivity contribution in [2.24, 2.45) is 11.3 Å². The third-order valence-corrected chi connectivity index (χ3v) is 3.12. The number of halogens is 3. The predicted molar refractivity (Wildman–Crippen MR) is 59.4 cm³/mol. The molecule has 0 N–H and O–H groups in total. The van der Waals surface area contributed by atoms with Crippen LogP contribution in [0.25, 0.3) is 0 Å². The molecule has 1 saturated heterocycles. The molecule has 100 valence electrons.